The van der Waals surface area contributed by atoms with Gasteiger partial charge in [-0.2, -0.15) is 13.2 Å². The third kappa shape index (κ3) is 3.31. The van der Waals surface area contributed by atoms with Crippen LogP contribution in [0.15, 0.2) is 23.0 Å². The lowest BCUT2D eigenvalue weighted by molar-refractivity contribution is -0.262. The molecular formula is C27H33F3O8. The number of aldehydes is 1. The van der Waals surface area contributed by atoms with Crippen molar-refractivity contribution in [2.45, 2.75) is 76.0 Å². The third-order valence-electron chi connectivity index (χ3n) is 10.7. The maximum Gasteiger partial charge on any atom is 0.490 e. The number of fused-ring (bicyclic) bond motifs is 7. The van der Waals surface area contributed by atoms with E-state index < -0.39 is 46.4 Å². The average Bonchev–Trinajstić information content (AvgIpc) is 3.57. The molecular weight excluding hydrogens is 509 g/mol. The molecule has 2 saturated carbocycles. The highest BCUT2D eigenvalue weighted by atomic mass is 19.4. The number of hydrogen-bond acceptors (Lipinski definition) is 8. The summed E-state index contributed by atoms with van der Waals surface area (Å²) < 4.78 is 75.3. The van der Waals surface area contributed by atoms with Crippen LogP contribution in [0.2, 0.25) is 0 Å². The van der Waals surface area contributed by atoms with Crippen molar-refractivity contribution in [1.82, 2.24) is 0 Å². The Bertz CT molecular complexity index is 1090. The molecule has 6 rings (SSSR count). The second kappa shape index (κ2) is 8.52. The van der Waals surface area contributed by atoms with Gasteiger partial charge in [-0.25, -0.2) is 4.79 Å². The summed E-state index contributed by atoms with van der Waals surface area (Å²) in [5, 5.41) is 0. The van der Waals surface area contributed by atoms with Gasteiger partial charge in [0.2, 0.25) is 5.79 Å². The summed E-state index contributed by atoms with van der Waals surface area (Å²) in [5.74, 6) is -3.33. The Morgan fingerprint density at radius 2 is 1.92 bits per heavy atom. The Labute approximate surface area is 218 Å². The van der Waals surface area contributed by atoms with Gasteiger partial charge in [0.25, 0.3) is 0 Å². The molecule has 0 bridgehead atoms. The zero-order valence-corrected chi connectivity index (χ0v) is 21.7. The van der Waals surface area contributed by atoms with Crippen LogP contribution in [0.25, 0.3) is 0 Å². The van der Waals surface area contributed by atoms with E-state index in [2.05, 4.69) is 0 Å². The SMILES string of the molecule is COC1=CC2=C(C=O)C[C@H]3[C@@H]([C@H](OC(=O)C(F)(F)F)C[C@@]4(C)[C@@H]3CC[C@@]43OCO[C@]34COCO4)[C@@]2(C)CC1. The minimum Gasteiger partial charge on any atom is -0.501 e. The minimum atomic E-state index is -5.13. The molecule has 0 unspecified atom stereocenters. The van der Waals surface area contributed by atoms with Crippen LogP contribution in [-0.4, -0.2) is 63.2 Å². The van der Waals surface area contributed by atoms with Gasteiger partial charge in [0.1, 0.15) is 24.6 Å². The number of methoxy groups -OCH3 is 1. The third-order valence-corrected chi connectivity index (χ3v) is 10.7. The Hall–Kier alpha value is -1.95. The van der Waals surface area contributed by atoms with Gasteiger partial charge in [-0.05, 0) is 61.2 Å². The van der Waals surface area contributed by atoms with E-state index in [4.69, 9.17) is 28.4 Å². The van der Waals surface area contributed by atoms with Crippen LogP contribution in [0.4, 0.5) is 13.2 Å². The second-order valence-corrected chi connectivity index (χ2v) is 12.0. The topological polar surface area (TPSA) is 89.5 Å². The molecule has 0 amide bonds. The number of carbonyl (C=O) groups is 2. The molecule has 0 aromatic heterocycles. The minimum absolute atomic E-state index is 0.0258. The number of esters is 1. The number of carbonyl (C=O) groups excluding carboxylic acids is 2. The molecule has 2 aliphatic heterocycles. The van der Waals surface area contributed by atoms with Crippen molar-refractivity contribution in [1.29, 1.82) is 0 Å². The molecule has 4 aliphatic carbocycles. The monoisotopic (exact) mass is 542 g/mol. The van der Waals surface area contributed by atoms with Gasteiger partial charge < -0.3 is 28.4 Å². The summed E-state index contributed by atoms with van der Waals surface area (Å²) in [7, 11) is 1.56. The quantitative estimate of drug-likeness (QED) is 0.388. The summed E-state index contributed by atoms with van der Waals surface area (Å²) in [6.45, 7) is 4.11. The van der Waals surface area contributed by atoms with Crippen LogP contribution in [0.1, 0.15) is 52.4 Å². The molecule has 2 saturated heterocycles. The van der Waals surface area contributed by atoms with Gasteiger partial charge >= 0.3 is 12.1 Å². The molecule has 11 heteroatoms. The zero-order valence-electron chi connectivity index (χ0n) is 21.7. The van der Waals surface area contributed by atoms with Crippen LogP contribution in [0.3, 0.4) is 0 Å². The number of halogens is 3. The standard InChI is InChI=1S/C27H33F3O8/c1-23-6-4-16(33-3)9-19(23)15(11-31)8-17-18-5-7-25(26(37-14-35-25)12-34-13-36-26)24(18,2)10-20(21(17)23)38-22(32)27(28,29)30/h9,11,17-18,20-21H,4-8,10,12-14H2,1-3H3/t17-,18-,20-,21+,23+,24+,25-,26-/m1/s1. The Morgan fingerprint density at radius 1 is 1.16 bits per heavy atom. The van der Waals surface area contributed by atoms with Gasteiger partial charge in [0.15, 0.2) is 13.6 Å². The molecule has 210 valence electrons. The molecule has 2 heterocycles. The first kappa shape index (κ1) is 26.3. The number of hydrogen-bond donors (Lipinski definition) is 0. The van der Waals surface area contributed by atoms with E-state index in [1.807, 2.05) is 19.9 Å². The van der Waals surface area contributed by atoms with E-state index in [0.717, 1.165) is 17.6 Å². The highest BCUT2D eigenvalue weighted by molar-refractivity contribution is 5.78. The maximum absolute atomic E-state index is 13.5. The fourth-order valence-corrected chi connectivity index (χ4v) is 9.15. The lowest BCUT2D eigenvalue weighted by Crippen LogP contribution is -2.66. The fraction of sp³-hybridized carbons (Fsp3) is 0.778. The molecule has 2 spiro atoms. The summed E-state index contributed by atoms with van der Waals surface area (Å²) in [4.78, 5) is 24.7. The molecule has 38 heavy (non-hydrogen) atoms. The molecule has 8 atom stereocenters. The van der Waals surface area contributed by atoms with Gasteiger partial charge in [-0.3, -0.25) is 4.79 Å². The van der Waals surface area contributed by atoms with Crippen molar-refractivity contribution >= 4 is 12.3 Å². The van der Waals surface area contributed by atoms with Crippen molar-refractivity contribution in [2.75, 3.05) is 27.3 Å². The normalized spacial score (nSPS) is 46.0. The van der Waals surface area contributed by atoms with Crippen molar-refractivity contribution < 1.29 is 51.2 Å². The van der Waals surface area contributed by atoms with E-state index in [-0.39, 0.29) is 38.4 Å². The molecule has 0 radical (unpaired) electrons. The van der Waals surface area contributed by atoms with Crippen LogP contribution in [0.5, 0.6) is 0 Å². The number of alkyl halides is 3. The predicted octanol–water partition coefficient (Wildman–Crippen LogP) is 4.19. The van der Waals surface area contributed by atoms with Crippen LogP contribution < -0.4 is 0 Å². The predicted molar refractivity (Wildman–Crippen MR) is 123 cm³/mol. The fourth-order valence-electron chi connectivity index (χ4n) is 9.15. The summed E-state index contributed by atoms with van der Waals surface area (Å²) in [5.41, 5.74) is -1.04. The maximum atomic E-state index is 13.5. The van der Waals surface area contributed by atoms with Crippen molar-refractivity contribution in [3.8, 4) is 0 Å². The highest BCUT2D eigenvalue weighted by Gasteiger charge is 2.77. The first-order chi connectivity index (χ1) is 17.9. The van der Waals surface area contributed by atoms with Gasteiger partial charge in [0, 0.05) is 23.2 Å². The summed E-state index contributed by atoms with van der Waals surface area (Å²) >= 11 is 0. The zero-order chi connectivity index (χ0) is 27.1. The number of allylic oxidation sites excluding steroid dienone is 4. The van der Waals surface area contributed by atoms with Crippen molar-refractivity contribution in [3.63, 3.8) is 0 Å². The first-order valence-corrected chi connectivity index (χ1v) is 13.2. The van der Waals surface area contributed by atoms with Crippen LogP contribution >= 0.6 is 0 Å². The lowest BCUT2D eigenvalue weighted by atomic mass is 9.45. The van der Waals surface area contributed by atoms with Crippen molar-refractivity contribution in [3.05, 3.63) is 23.0 Å². The average molecular weight is 543 g/mol. The van der Waals surface area contributed by atoms with Crippen LogP contribution in [-0.2, 0) is 38.0 Å². The van der Waals surface area contributed by atoms with E-state index in [0.29, 0.717) is 37.7 Å². The van der Waals surface area contributed by atoms with Gasteiger partial charge in [0.05, 0.1) is 12.9 Å². The largest absolute Gasteiger partial charge is 0.501 e. The van der Waals surface area contributed by atoms with Crippen LogP contribution in [0, 0.1) is 28.6 Å². The molecule has 4 fully saturated rings. The molecule has 0 N–H and O–H groups in total. The number of rotatable bonds is 3. The number of ether oxygens (including phenoxy) is 6. The molecule has 8 nitrogen and oxygen atoms in total. The molecule has 6 aliphatic rings. The smallest absolute Gasteiger partial charge is 0.490 e. The van der Waals surface area contributed by atoms with Crippen molar-refractivity contribution in [2.24, 2.45) is 28.6 Å². The highest BCUT2D eigenvalue weighted by Crippen LogP contribution is 2.72. The van der Waals surface area contributed by atoms with E-state index >= 15 is 0 Å². The summed E-state index contributed by atoms with van der Waals surface area (Å²) in [6, 6.07) is 0. The van der Waals surface area contributed by atoms with Gasteiger partial charge in [-0.15, -0.1) is 0 Å². The Morgan fingerprint density at radius 3 is 2.58 bits per heavy atom. The van der Waals surface area contributed by atoms with E-state index in [1.54, 1.807) is 7.11 Å². The molecule has 0 aromatic rings. The Balaban J connectivity index is 1.49. The summed E-state index contributed by atoms with van der Waals surface area (Å²) in [6.07, 6.45) is -0.558. The molecule has 0 aromatic carbocycles. The van der Waals surface area contributed by atoms with Gasteiger partial charge in [-0.1, -0.05) is 13.8 Å². The Kier molecular flexibility index (Phi) is 5.89. The van der Waals surface area contributed by atoms with E-state index in [9.17, 15) is 22.8 Å². The second-order valence-electron chi connectivity index (χ2n) is 12.0. The first-order valence-electron chi connectivity index (χ1n) is 13.2. The lowest BCUT2D eigenvalue weighted by Gasteiger charge is -2.61. The van der Waals surface area contributed by atoms with E-state index in [1.165, 1.54) is 0 Å².